The zero-order chi connectivity index (χ0) is 16.3. The number of hydrogen-bond acceptors (Lipinski definition) is 6. The molecular weight excluding hydrogens is 306 g/mol. The van der Waals surface area contributed by atoms with E-state index in [0.717, 1.165) is 6.26 Å². The maximum Gasteiger partial charge on any atom is 0.338 e. The SMILES string of the molecule is CCCOC(=O)c1cc(S(C)(=O)=O)nc2ccc(OC)cc12. The summed E-state index contributed by atoms with van der Waals surface area (Å²) in [6.07, 6.45) is 1.73. The van der Waals surface area contributed by atoms with Crippen molar-refractivity contribution >= 4 is 26.7 Å². The first-order valence-corrected chi connectivity index (χ1v) is 8.62. The number of benzene rings is 1. The van der Waals surface area contributed by atoms with Gasteiger partial charge in [-0.2, -0.15) is 0 Å². The number of hydrogen-bond donors (Lipinski definition) is 0. The van der Waals surface area contributed by atoms with Crippen LogP contribution in [0, 0.1) is 0 Å². The minimum atomic E-state index is -3.54. The summed E-state index contributed by atoms with van der Waals surface area (Å²) in [6.45, 7) is 2.14. The Balaban J connectivity index is 2.69. The predicted octanol–water partition coefficient (Wildman–Crippen LogP) is 2.21. The summed E-state index contributed by atoms with van der Waals surface area (Å²) >= 11 is 0. The highest BCUT2D eigenvalue weighted by Gasteiger charge is 2.19. The van der Waals surface area contributed by atoms with E-state index in [1.54, 1.807) is 18.2 Å². The van der Waals surface area contributed by atoms with Crippen LogP contribution in [0.15, 0.2) is 29.3 Å². The van der Waals surface area contributed by atoms with Crippen molar-refractivity contribution in [1.82, 2.24) is 4.98 Å². The average molecular weight is 323 g/mol. The number of fused-ring (bicyclic) bond motifs is 1. The largest absolute Gasteiger partial charge is 0.497 e. The standard InChI is InChI=1S/C15H17NO5S/c1-4-7-21-15(17)12-9-14(22(3,18)19)16-13-6-5-10(20-2)8-11(12)13/h5-6,8-9H,4,7H2,1-3H3. The van der Waals surface area contributed by atoms with Crippen molar-refractivity contribution in [2.45, 2.75) is 18.4 Å². The van der Waals surface area contributed by atoms with E-state index in [9.17, 15) is 13.2 Å². The Bertz CT molecular complexity index is 814. The second-order valence-electron chi connectivity index (χ2n) is 4.80. The Hall–Kier alpha value is -2.15. The molecule has 6 nitrogen and oxygen atoms in total. The molecule has 0 saturated heterocycles. The number of methoxy groups -OCH3 is 1. The number of ether oxygens (including phenoxy) is 2. The van der Waals surface area contributed by atoms with Crippen molar-refractivity contribution in [2.75, 3.05) is 20.0 Å². The minimum Gasteiger partial charge on any atom is -0.497 e. The lowest BCUT2D eigenvalue weighted by atomic mass is 10.1. The van der Waals surface area contributed by atoms with Gasteiger partial charge in [-0.15, -0.1) is 0 Å². The number of pyridine rings is 1. The fourth-order valence-electron chi connectivity index (χ4n) is 1.94. The molecule has 0 radical (unpaired) electrons. The molecule has 0 aliphatic heterocycles. The highest BCUT2D eigenvalue weighted by atomic mass is 32.2. The predicted molar refractivity (Wildman–Crippen MR) is 82.0 cm³/mol. The van der Waals surface area contributed by atoms with E-state index in [1.807, 2.05) is 6.92 Å². The van der Waals surface area contributed by atoms with Gasteiger partial charge >= 0.3 is 5.97 Å². The maximum absolute atomic E-state index is 12.2. The third kappa shape index (κ3) is 3.36. The molecule has 0 aliphatic rings. The van der Waals surface area contributed by atoms with Gasteiger partial charge in [0.15, 0.2) is 14.9 Å². The maximum atomic E-state index is 12.2. The van der Waals surface area contributed by atoms with Crippen LogP contribution in [0.5, 0.6) is 5.75 Å². The van der Waals surface area contributed by atoms with Gasteiger partial charge in [-0.25, -0.2) is 18.2 Å². The summed E-state index contributed by atoms with van der Waals surface area (Å²) < 4.78 is 33.8. The number of aromatic nitrogens is 1. The van der Waals surface area contributed by atoms with Gasteiger partial charge in [-0.1, -0.05) is 6.92 Å². The molecule has 0 fully saturated rings. The molecule has 0 saturated carbocycles. The van der Waals surface area contributed by atoms with Crippen LogP contribution in [0.4, 0.5) is 0 Å². The first kappa shape index (κ1) is 16.2. The van der Waals surface area contributed by atoms with Crippen molar-refractivity contribution in [2.24, 2.45) is 0 Å². The van der Waals surface area contributed by atoms with Crippen LogP contribution in [0.3, 0.4) is 0 Å². The summed E-state index contributed by atoms with van der Waals surface area (Å²) in [5.74, 6) is -0.0293. The van der Waals surface area contributed by atoms with Gasteiger partial charge in [0.05, 0.1) is 24.8 Å². The molecule has 0 amide bonds. The number of sulfone groups is 1. The summed E-state index contributed by atoms with van der Waals surface area (Å²) in [7, 11) is -2.03. The first-order chi connectivity index (χ1) is 10.4. The summed E-state index contributed by atoms with van der Waals surface area (Å²) in [5, 5.41) is 0.335. The van der Waals surface area contributed by atoms with Gasteiger partial charge in [-0.3, -0.25) is 0 Å². The van der Waals surface area contributed by atoms with E-state index in [0.29, 0.717) is 23.1 Å². The lowest BCUT2D eigenvalue weighted by molar-refractivity contribution is 0.0507. The smallest absolute Gasteiger partial charge is 0.338 e. The fourth-order valence-corrected chi connectivity index (χ4v) is 2.54. The number of carbonyl (C=O) groups is 1. The molecular formula is C15H17NO5S. The van der Waals surface area contributed by atoms with Gasteiger partial charge in [0.1, 0.15) is 5.75 Å². The molecule has 0 bridgehead atoms. The lowest BCUT2D eigenvalue weighted by Crippen LogP contribution is -2.10. The highest BCUT2D eigenvalue weighted by molar-refractivity contribution is 7.90. The van der Waals surface area contributed by atoms with Crippen LogP contribution in [0.2, 0.25) is 0 Å². The van der Waals surface area contributed by atoms with Gasteiger partial charge in [0, 0.05) is 11.6 Å². The van der Waals surface area contributed by atoms with Crippen molar-refractivity contribution in [3.05, 3.63) is 29.8 Å². The monoisotopic (exact) mass is 323 g/mol. The van der Waals surface area contributed by atoms with Gasteiger partial charge in [0.25, 0.3) is 0 Å². The number of rotatable bonds is 5. The van der Waals surface area contributed by atoms with Gasteiger partial charge < -0.3 is 9.47 Å². The van der Waals surface area contributed by atoms with E-state index in [4.69, 9.17) is 9.47 Å². The van der Waals surface area contributed by atoms with Gasteiger partial charge in [0.2, 0.25) is 0 Å². The van der Waals surface area contributed by atoms with E-state index in [1.165, 1.54) is 13.2 Å². The second kappa shape index (κ2) is 6.31. The molecule has 2 aromatic rings. The Morgan fingerprint density at radius 1 is 1.27 bits per heavy atom. The van der Waals surface area contributed by atoms with Crippen molar-refractivity contribution in [3.63, 3.8) is 0 Å². The van der Waals surface area contributed by atoms with Crippen LogP contribution < -0.4 is 4.74 Å². The van der Waals surface area contributed by atoms with E-state index in [2.05, 4.69) is 4.98 Å². The van der Waals surface area contributed by atoms with E-state index in [-0.39, 0.29) is 17.2 Å². The van der Waals surface area contributed by atoms with Crippen molar-refractivity contribution < 1.29 is 22.7 Å². The van der Waals surface area contributed by atoms with Crippen LogP contribution >= 0.6 is 0 Å². The summed E-state index contributed by atoms with van der Waals surface area (Å²) in [4.78, 5) is 16.3. The topological polar surface area (TPSA) is 82.6 Å². The van der Waals surface area contributed by atoms with Crippen LogP contribution in [0.25, 0.3) is 10.9 Å². The van der Waals surface area contributed by atoms with Crippen molar-refractivity contribution in [1.29, 1.82) is 0 Å². The molecule has 1 aromatic heterocycles. The fraction of sp³-hybridized carbons (Fsp3) is 0.333. The summed E-state index contributed by atoms with van der Waals surface area (Å²) in [6, 6.07) is 6.15. The highest BCUT2D eigenvalue weighted by Crippen LogP contribution is 2.25. The molecule has 7 heteroatoms. The molecule has 0 unspecified atom stereocenters. The quantitative estimate of drug-likeness (QED) is 0.785. The minimum absolute atomic E-state index is 0.159. The van der Waals surface area contributed by atoms with Crippen LogP contribution in [-0.2, 0) is 14.6 Å². The third-order valence-electron chi connectivity index (χ3n) is 3.03. The van der Waals surface area contributed by atoms with Crippen LogP contribution in [-0.4, -0.2) is 39.3 Å². The molecule has 1 heterocycles. The van der Waals surface area contributed by atoms with E-state index < -0.39 is 15.8 Å². The second-order valence-corrected chi connectivity index (χ2v) is 6.76. The van der Waals surface area contributed by atoms with Crippen molar-refractivity contribution in [3.8, 4) is 5.75 Å². The van der Waals surface area contributed by atoms with E-state index >= 15 is 0 Å². The molecule has 0 N–H and O–H groups in total. The Kier molecular flexibility index (Phi) is 4.65. The summed E-state index contributed by atoms with van der Waals surface area (Å²) in [5.41, 5.74) is 0.560. The molecule has 2 rings (SSSR count). The molecule has 0 atom stereocenters. The lowest BCUT2D eigenvalue weighted by Gasteiger charge is -2.10. The molecule has 0 spiro atoms. The molecule has 118 valence electrons. The zero-order valence-corrected chi connectivity index (χ0v) is 13.4. The Morgan fingerprint density at radius 3 is 2.59 bits per heavy atom. The first-order valence-electron chi connectivity index (χ1n) is 6.72. The Morgan fingerprint density at radius 2 is 2.00 bits per heavy atom. The number of esters is 1. The van der Waals surface area contributed by atoms with Crippen LogP contribution in [0.1, 0.15) is 23.7 Å². The number of carbonyl (C=O) groups excluding carboxylic acids is 1. The normalized spacial score (nSPS) is 11.4. The molecule has 0 aliphatic carbocycles. The molecule has 1 aromatic carbocycles. The number of nitrogens with zero attached hydrogens (tertiary/aromatic N) is 1. The third-order valence-corrected chi connectivity index (χ3v) is 4.00. The average Bonchev–Trinajstić information content (AvgIpc) is 2.49. The zero-order valence-electron chi connectivity index (χ0n) is 12.6. The van der Waals surface area contributed by atoms with Gasteiger partial charge in [-0.05, 0) is 30.7 Å². The Labute approximate surface area is 129 Å². The molecule has 22 heavy (non-hydrogen) atoms.